The Labute approximate surface area is 90.3 Å². The minimum absolute atomic E-state index is 0.513. The number of aromatic nitrogens is 1. The summed E-state index contributed by atoms with van der Waals surface area (Å²) in [6.45, 7) is 4.37. The Bertz CT molecular complexity index is 451. The minimum Gasteiger partial charge on any atom is -0.383 e. The molecule has 0 unspecified atom stereocenters. The summed E-state index contributed by atoms with van der Waals surface area (Å²) in [7, 11) is 0. The Morgan fingerprint density at radius 3 is 3.00 bits per heavy atom. The second-order valence-corrected chi connectivity index (χ2v) is 3.86. The van der Waals surface area contributed by atoms with Crippen molar-refractivity contribution in [3.8, 4) is 0 Å². The molecule has 2 rings (SSSR count). The molecule has 0 aliphatic rings. The molecule has 15 heavy (non-hydrogen) atoms. The first kappa shape index (κ1) is 9.97. The number of hydrogen-bond acceptors (Lipinski definition) is 2. The molecule has 0 aliphatic heterocycles. The fourth-order valence-electron chi connectivity index (χ4n) is 1.55. The SMILES string of the molecule is CC[C@@H](C)Nc1ccc2ncccc2c1. The van der Waals surface area contributed by atoms with Gasteiger partial charge in [-0.15, -0.1) is 0 Å². The van der Waals surface area contributed by atoms with E-state index in [-0.39, 0.29) is 0 Å². The van der Waals surface area contributed by atoms with E-state index >= 15 is 0 Å². The quantitative estimate of drug-likeness (QED) is 0.820. The van der Waals surface area contributed by atoms with Crippen LogP contribution in [0.1, 0.15) is 20.3 Å². The molecule has 1 atom stereocenters. The molecule has 0 aliphatic carbocycles. The van der Waals surface area contributed by atoms with Crippen molar-refractivity contribution in [3.63, 3.8) is 0 Å². The summed E-state index contributed by atoms with van der Waals surface area (Å²) < 4.78 is 0. The molecule has 0 amide bonds. The number of rotatable bonds is 3. The van der Waals surface area contributed by atoms with Gasteiger partial charge in [0.25, 0.3) is 0 Å². The molecular weight excluding hydrogens is 184 g/mol. The third-order valence-corrected chi connectivity index (χ3v) is 2.63. The zero-order chi connectivity index (χ0) is 10.7. The fraction of sp³-hybridized carbons (Fsp3) is 0.308. The van der Waals surface area contributed by atoms with Crippen LogP contribution in [0.5, 0.6) is 0 Å². The molecule has 78 valence electrons. The molecule has 1 aromatic heterocycles. The lowest BCUT2D eigenvalue weighted by Crippen LogP contribution is -2.13. The van der Waals surface area contributed by atoms with E-state index in [4.69, 9.17) is 0 Å². The summed E-state index contributed by atoms with van der Waals surface area (Å²) in [5.74, 6) is 0. The monoisotopic (exact) mass is 200 g/mol. The van der Waals surface area contributed by atoms with Crippen LogP contribution in [0.4, 0.5) is 5.69 Å². The molecule has 1 N–H and O–H groups in total. The molecule has 0 saturated carbocycles. The maximum absolute atomic E-state index is 4.29. The van der Waals surface area contributed by atoms with Gasteiger partial charge in [0, 0.05) is 23.3 Å². The Balaban J connectivity index is 2.30. The van der Waals surface area contributed by atoms with E-state index in [0.29, 0.717) is 6.04 Å². The number of pyridine rings is 1. The van der Waals surface area contributed by atoms with Gasteiger partial charge in [0.2, 0.25) is 0 Å². The third-order valence-electron chi connectivity index (χ3n) is 2.63. The predicted octanol–water partition coefficient (Wildman–Crippen LogP) is 3.45. The summed E-state index contributed by atoms with van der Waals surface area (Å²) in [4.78, 5) is 4.29. The second kappa shape index (κ2) is 4.30. The first-order valence-electron chi connectivity index (χ1n) is 5.41. The number of anilines is 1. The van der Waals surface area contributed by atoms with Crippen LogP contribution >= 0.6 is 0 Å². The number of hydrogen-bond donors (Lipinski definition) is 1. The average molecular weight is 200 g/mol. The molecule has 0 spiro atoms. The van der Waals surface area contributed by atoms with Gasteiger partial charge >= 0.3 is 0 Å². The molecule has 0 saturated heterocycles. The van der Waals surface area contributed by atoms with E-state index in [1.807, 2.05) is 12.3 Å². The van der Waals surface area contributed by atoms with Gasteiger partial charge in [-0.1, -0.05) is 13.0 Å². The summed E-state index contributed by atoms with van der Waals surface area (Å²) >= 11 is 0. The first-order chi connectivity index (χ1) is 7.29. The van der Waals surface area contributed by atoms with Crippen LogP contribution in [0.3, 0.4) is 0 Å². The van der Waals surface area contributed by atoms with E-state index in [1.165, 1.54) is 11.1 Å². The Morgan fingerprint density at radius 2 is 2.20 bits per heavy atom. The predicted molar refractivity (Wildman–Crippen MR) is 65.1 cm³/mol. The lowest BCUT2D eigenvalue weighted by molar-refractivity contribution is 0.764. The van der Waals surface area contributed by atoms with E-state index in [9.17, 15) is 0 Å². The van der Waals surface area contributed by atoms with Crippen LogP contribution in [-0.2, 0) is 0 Å². The van der Waals surface area contributed by atoms with Crippen LogP contribution in [-0.4, -0.2) is 11.0 Å². The van der Waals surface area contributed by atoms with Gasteiger partial charge in [0.1, 0.15) is 0 Å². The lowest BCUT2D eigenvalue weighted by Gasteiger charge is -2.13. The molecule has 0 radical (unpaired) electrons. The van der Waals surface area contributed by atoms with Gasteiger partial charge in [-0.3, -0.25) is 4.98 Å². The van der Waals surface area contributed by atoms with Gasteiger partial charge in [0.05, 0.1) is 5.52 Å². The van der Waals surface area contributed by atoms with Crippen LogP contribution in [0.2, 0.25) is 0 Å². The van der Waals surface area contributed by atoms with Crippen molar-refractivity contribution >= 4 is 16.6 Å². The van der Waals surface area contributed by atoms with E-state index in [1.54, 1.807) is 0 Å². The number of fused-ring (bicyclic) bond motifs is 1. The van der Waals surface area contributed by atoms with Gasteiger partial charge in [0.15, 0.2) is 0 Å². The number of nitrogens with one attached hydrogen (secondary N) is 1. The summed E-state index contributed by atoms with van der Waals surface area (Å²) in [5.41, 5.74) is 2.22. The van der Waals surface area contributed by atoms with Crippen LogP contribution in [0, 0.1) is 0 Å². The fourth-order valence-corrected chi connectivity index (χ4v) is 1.55. The number of benzene rings is 1. The highest BCUT2D eigenvalue weighted by atomic mass is 14.9. The van der Waals surface area contributed by atoms with Crippen molar-refractivity contribution < 1.29 is 0 Å². The number of nitrogens with zero attached hydrogens (tertiary/aromatic N) is 1. The van der Waals surface area contributed by atoms with E-state index in [2.05, 4.69) is 48.4 Å². The van der Waals surface area contributed by atoms with Gasteiger partial charge in [-0.25, -0.2) is 0 Å². The topological polar surface area (TPSA) is 24.9 Å². The highest BCUT2D eigenvalue weighted by molar-refractivity contribution is 5.82. The molecular formula is C13H16N2. The lowest BCUT2D eigenvalue weighted by atomic mass is 10.2. The highest BCUT2D eigenvalue weighted by Gasteiger charge is 1.99. The van der Waals surface area contributed by atoms with Crippen molar-refractivity contribution in [1.82, 2.24) is 4.98 Å². The molecule has 2 heteroatoms. The largest absolute Gasteiger partial charge is 0.383 e. The standard InChI is InChI=1S/C13H16N2/c1-3-10(2)15-12-6-7-13-11(9-12)5-4-8-14-13/h4-10,15H,3H2,1-2H3/t10-/m1/s1. The third kappa shape index (κ3) is 2.27. The maximum Gasteiger partial charge on any atom is 0.0703 e. The summed E-state index contributed by atoms with van der Waals surface area (Å²) in [6.07, 6.45) is 2.95. The van der Waals surface area contributed by atoms with Gasteiger partial charge in [-0.05, 0) is 37.6 Å². The summed E-state index contributed by atoms with van der Waals surface area (Å²) in [5, 5.41) is 4.64. The van der Waals surface area contributed by atoms with Gasteiger partial charge in [-0.2, -0.15) is 0 Å². The molecule has 0 bridgehead atoms. The van der Waals surface area contributed by atoms with Gasteiger partial charge < -0.3 is 5.32 Å². The van der Waals surface area contributed by atoms with Crippen molar-refractivity contribution in [2.24, 2.45) is 0 Å². The summed E-state index contributed by atoms with van der Waals surface area (Å²) in [6, 6.07) is 10.9. The Hall–Kier alpha value is -1.57. The molecule has 1 heterocycles. The molecule has 0 fully saturated rings. The Kier molecular flexibility index (Phi) is 2.86. The van der Waals surface area contributed by atoms with Crippen LogP contribution < -0.4 is 5.32 Å². The van der Waals surface area contributed by atoms with Crippen molar-refractivity contribution in [2.75, 3.05) is 5.32 Å². The zero-order valence-corrected chi connectivity index (χ0v) is 9.20. The molecule has 2 aromatic rings. The van der Waals surface area contributed by atoms with Crippen molar-refractivity contribution in [1.29, 1.82) is 0 Å². The van der Waals surface area contributed by atoms with E-state index in [0.717, 1.165) is 11.9 Å². The normalized spacial score (nSPS) is 12.7. The highest BCUT2D eigenvalue weighted by Crippen LogP contribution is 2.17. The zero-order valence-electron chi connectivity index (χ0n) is 9.20. The van der Waals surface area contributed by atoms with Crippen LogP contribution in [0.25, 0.3) is 10.9 Å². The average Bonchev–Trinajstić information content (AvgIpc) is 2.29. The molecule has 1 aromatic carbocycles. The first-order valence-corrected chi connectivity index (χ1v) is 5.41. The minimum atomic E-state index is 0.513. The van der Waals surface area contributed by atoms with Crippen LogP contribution in [0.15, 0.2) is 36.5 Å². The van der Waals surface area contributed by atoms with E-state index < -0.39 is 0 Å². The Morgan fingerprint density at radius 1 is 1.33 bits per heavy atom. The molecule has 2 nitrogen and oxygen atoms in total. The van der Waals surface area contributed by atoms with Crippen molar-refractivity contribution in [2.45, 2.75) is 26.3 Å². The smallest absolute Gasteiger partial charge is 0.0703 e. The maximum atomic E-state index is 4.29. The second-order valence-electron chi connectivity index (χ2n) is 3.86. The van der Waals surface area contributed by atoms with Crippen molar-refractivity contribution in [3.05, 3.63) is 36.5 Å².